The summed E-state index contributed by atoms with van der Waals surface area (Å²) in [6.07, 6.45) is 0. The Morgan fingerprint density at radius 2 is 1.57 bits per heavy atom. The van der Waals surface area contributed by atoms with E-state index >= 15 is 0 Å². The molecule has 0 aliphatic rings. The van der Waals surface area contributed by atoms with Gasteiger partial charge in [0.15, 0.2) is 5.69 Å². The molecular weight excluding hydrogens is 282 g/mol. The quantitative estimate of drug-likeness (QED) is 0.691. The highest BCUT2D eigenvalue weighted by molar-refractivity contribution is 5.64. The molecule has 3 rings (SSSR count). The predicted molar refractivity (Wildman–Crippen MR) is 92.7 cm³/mol. The maximum absolute atomic E-state index is 9.41. The zero-order valence-electron chi connectivity index (χ0n) is 13.9. The van der Waals surface area contributed by atoms with Gasteiger partial charge in [-0.2, -0.15) is 5.26 Å². The maximum atomic E-state index is 9.41. The Balaban J connectivity index is 2.37. The van der Waals surface area contributed by atoms with Gasteiger partial charge >= 0.3 is 0 Å². The fourth-order valence-corrected chi connectivity index (χ4v) is 3.19. The second-order valence-corrected chi connectivity index (χ2v) is 5.93. The second-order valence-electron chi connectivity index (χ2n) is 5.93. The lowest BCUT2D eigenvalue weighted by atomic mass is 10.0. The van der Waals surface area contributed by atoms with Crippen LogP contribution in [-0.4, -0.2) is 9.55 Å². The molecule has 23 heavy (non-hydrogen) atoms. The molecule has 3 nitrogen and oxygen atoms in total. The highest BCUT2D eigenvalue weighted by Crippen LogP contribution is 2.30. The van der Waals surface area contributed by atoms with Crippen LogP contribution in [0.25, 0.3) is 17.1 Å². The van der Waals surface area contributed by atoms with Gasteiger partial charge in [-0.3, -0.25) is 4.57 Å². The highest BCUT2D eigenvalue weighted by Gasteiger charge is 2.19. The van der Waals surface area contributed by atoms with Gasteiger partial charge in [0.2, 0.25) is 0 Å². The van der Waals surface area contributed by atoms with E-state index in [1.54, 1.807) is 0 Å². The number of benzene rings is 2. The van der Waals surface area contributed by atoms with Crippen LogP contribution in [0.5, 0.6) is 0 Å². The summed E-state index contributed by atoms with van der Waals surface area (Å²) in [6, 6.07) is 16.6. The Labute approximate surface area is 136 Å². The third kappa shape index (κ3) is 2.53. The Kier molecular flexibility index (Phi) is 3.75. The smallest absolute Gasteiger partial charge is 0.162 e. The zero-order chi connectivity index (χ0) is 16.6. The molecule has 0 unspecified atom stereocenters. The standard InChI is InChI=1S/C20H19N3/c1-13-10-14(2)19(15(3)11-13)23-16(4)18(12-21)22-20(23)17-8-6-5-7-9-17/h5-11H,1-4H3. The van der Waals surface area contributed by atoms with Gasteiger partial charge in [0.1, 0.15) is 11.9 Å². The van der Waals surface area contributed by atoms with Crippen LogP contribution in [-0.2, 0) is 0 Å². The third-order valence-corrected chi connectivity index (χ3v) is 4.10. The summed E-state index contributed by atoms with van der Waals surface area (Å²) < 4.78 is 2.11. The Morgan fingerprint density at radius 3 is 2.13 bits per heavy atom. The lowest BCUT2D eigenvalue weighted by Crippen LogP contribution is -2.05. The van der Waals surface area contributed by atoms with Crippen molar-refractivity contribution in [2.45, 2.75) is 27.7 Å². The molecule has 0 aliphatic carbocycles. The molecule has 0 atom stereocenters. The van der Waals surface area contributed by atoms with E-state index in [9.17, 15) is 5.26 Å². The van der Waals surface area contributed by atoms with Crippen LogP contribution in [0.15, 0.2) is 42.5 Å². The molecule has 0 N–H and O–H groups in total. The average Bonchev–Trinajstić information content (AvgIpc) is 2.84. The van der Waals surface area contributed by atoms with E-state index in [1.165, 1.54) is 16.7 Å². The van der Waals surface area contributed by atoms with Crippen LogP contribution in [0.3, 0.4) is 0 Å². The SMILES string of the molecule is Cc1cc(C)c(-n2c(-c3ccccc3)nc(C#N)c2C)c(C)c1. The summed E-state index contributed by atoms with van der Waals surface area (Å²) in [5.41, 5.74) is 7.08. The first kappa shape index (κ1) is 15.1. The molecule has 0 radical (unpaired) electrons. The van der Waals surface area contributed by atoms with E-state index in [-0.39, 0.29) is 0 Å². The highest BCUT2D eigenvalue weighted by atomic mass is 15.1. The van der Waals surface area contributed by atoms with E-state index < -0.39 is 0 Å². The molecule has 2 aromatic carbocycles. The van der Waals surface area contributed by atoms with Crippen molar-refractivity contribution in [2.75, 3.05) is 0 Å². The predicted octanol–water partition coefficient (Wildman–Crippen LogP) is 4.64. The maximum Gasteiger partial charge on any atom is 0.162 e. The van der Waals surface area contributed by atoms with E-state index in [2.05, 4.69) is 48.5 Å². The fourth-order valence-electron chi connectivity index (χ4n) is 3.19. The minimum absolute atomic E-state index is 0.475. The van der Waals surface area contributed by atoms with Crippen LogP contribution in [0.2, 0.25) is 0 Å². The summed E-state index contributed by atoms with van der Waals surface area (Å²) in [5, 5.41) is 9.41. The number of hydrogen-bond donors (Lipinski definition) is 0. The summed E-state index contributed by atoms with van der Waals surface area (Å²) in [5.74, 6) is 0.815. The number of hydrogen-bond acceptors (Lipinski definition) is 2. The number of imidazole rings is 1. The van der Waals surface area contributed by atoms with Crippen molar-refractivity contribution < 1.29 is 0 Å². The third-order valence-electron chi connectivity index (χ3n) is 4.10. The molecule has 0 fully saturated rings. The first-order chi connectivity index (χ1) is 11.0. The van der Waals surface area contributed by atoms with Crippen molar-refractivity contribution in [1.29, 1.82) is 5.26 Å². The lowest BCUT2D eigenvalue weighted by molar-refractivity contribution is 0.983. The van der Waals surface area contributed by atoms with Crippen LogP contribution in [0.1, 0.15) is 28.1 Å². The molecule has 114 valence electrons. The number of nitrogens with zero attached hydrogens (tertiary/aromatic N) is 3. The molecule has 0 spiro atoms. The fraction of sp³-hybridized carbons (Fsp3) is 0.200. The summed E-state index contributed by atoms with van der Waals surface area (Å²) in [4.78, 5) is 4.58. The van der Waals surface area contributed by atoms with Crippen LogP contribution in [0.4, 0.5) is 0 Å². The monoisotopic (exact) mass is 301 g/mol. The van der Waals surface area contributed by atoms with Crippen molar-refractivity contribution in [3.63, 3.8) is 0 Å². The summed E-state index contributed by atoms with van der Waals surface area (Å²) >= 11 is 0. The van der Waals surface area contributed by atoms with Gasteiger partial charge < -0.3 is 0 Å². The molecule has 0 amide bonds. The Hall–Kier alpha value is -2.86. The van der Waals surface area contributed by atoms with Crippen LogP contribution < -0.4 is 0 Å². The first-order valence-electron chi connectivity index (χ1n) is 7.66. The first-order valence-corrected chi connectivity index (χ1v) is 7.66. The number of aromatic nitrogens is 2. The average molecular weight is 301 g/mol. The molecule has 0 aliphatic heterocycles. The van der Waals surface area contributed by atoms with Gasteiger partial charge in [0.25, 0.3) is 0 Å². The molecule has 3 aromatic rings. The topological polar surface area (TPSA) is 41.6 Å². The van der Waals surface area contributed by atoms with Crippen LogP contribution >= 0.6 is 0 Å². The van der Waals surface area contributed by atoms with Gasteiger partial charge in [-0.15, -0.1) is 0 Å². The summed E-state index contributed by atoms with van der Waals surface area (Å²) in [6.45, 7) is 8.27. The van der Waals surface area contributed by atoms with E-state index in [4.69, 9.17) is 0 Å². The number of aryl methyl sites for hydroxylation is 3. The van der Waals surface area contributed by atoms with Crippen molar-refractivity contribution in [1.82, 2.24) is 9.55 Å². The lowest BCUT2D eigenvalue weighted by Gasteiger charge is -2.17. The van der Waals surface area contributed by atoms with Crippen molar-refractivity contribution in [3.8, 4) is 23.1 Å². The van der Waals surface area contributed by atoms with Gasteiger partial charge in [-0.1, -0.05) is 48.0 Å². The molecule has 1 aromatic heterocycles. The molecule has 0 bridgehead atoms. The van der Waals surface area contributed by atoms with Crippen molar-refractivity contribution >= 4 is 0 Å². The minimum atomic E-state index is 0.475. The van der Waals surface area contributed by atoms with Gasteiger partial charge in [-0.25, -0.2) is 4.98 Å². The van der Waals surface area contributed by atoms with E-state index in [1.807, 2.05) is 37.3 Å². The second kappa shape index (κ2) is 5.73. The largest absolute Gasteiger partial charge is 0.295 e. The van der Waals surface area contributed by atoms with Gasteiger partial charge in [-0.05, 0) is 38.8 Å². The summed E-state index contributed by atoms with van der Waals surface area (Å²) in [7, 11) is 0. The minimum Gasteiger partial charge on any atom is -0.295 e. The molecule has 0 saturated heterocycles. The van der Waals surface area contributed by atoms with Crippen molar-refractivity contribution in [3.05, 3.63) is 70.5 Å². The molecule has 3 heteroatoms. The molecule has 0 saturated carbocycles. The van der Waals surface area contributed by atoms with E-state index in [0.29, 0.717) is 5.69 Å². The van der Waals surface area contributed by atoms with Gasteiger partial charge in [0, 0.05) is 5.56 Å². The number of nitriles is 1. The molecule has 1 heterocycles. The van der Waals surface area contributed by atoms with Crippen molar-refractivity contribution in [2.24, 2.45) is 0 Å². The van der Waals surface area contributed by atoms with Crippen LogP contribution in [0, 0.1) is 39.0 Å². The normalized spacial score (nSPS) is 10.6. The Morgan fingerprint density at radius 1 is 0.957 bits per heavy atom. The number of rotatable bonds is 2. The zero-order valence-corrected chi connectivity index (χ0v) is 13.9. The van der Waals surface area contributed by atoms with E-state index in [0.717, 1.165) is 22.8 Å². The van der Waals surface area contributed by atoms with Gasteiger partial charge in [0.05, 0.1) is 11.4 Å². The molecular formula is C20H19N3. The Bertz CT molecular complexity index is 889.